The molecule has 3 rings (SSSR count). The van der Waals surface area contributed by atoms with Crippen LogP contribution in [0.2, 0.25) is 0 Å². The molecule has 23 heavy (non-hydrogen) atoms. The van der Waals surface area contributed by atoms with Crippen LogP contribution in [-0.2, 0) is 16.4 Å². The second kappa shape index (κ2) is 6.10. The minimum absolute atomic E-state index is 0.0185. The van der Waals surface area contributed by atoms with Crippen molar-refractivity contribution < 1.29 is 18.3 Å². The second-order valence-corrected chi connectivity index (χ2v) is 7.65. The molecule has 1 aromatic rings. The maximum absolute atomic E-state index is 12.8. The Kier molecular flexibility index (Phi) is 4.31. The highest BCUT2D eigenvalue weighted by Gasteiger charge is 2.29. The first kappa shape index (κ1) is 16.2. The maximum Gasteiger partial charge on any atom is 0.324 e. The highest BCUT2D eigenvalue weighted by molar-refractivity contribution is 7.89. The quantitative estimate of drug-likeness (QED) is 0.784. The summed E-state index contributed by atoms with van der Waals surface area (Å²) in [4.78, 5) is 16.1. The van der Waals surface area contributed by atoms with Crippen molar-refractivity contribution in [1.29, 1.82) is 0 Å². The van der Waals surface area contributed by atoms with Gasteiger partial charge in [-0.15, -0.1) is 0 Å². The summed E-state index contributed by atoms with van der Waals surface area (Å²) in [5.74, 6) is 0. The largest absolute Gasteiger partial charge is 0.393 e. The van der Waals surface area contributed by atoms with Crippen molar-refractivity contribution in [3.8, 4) is 0 Å². The third kappa shape index (κ3) is 3.34. The third-order valence-corrected chi connectivity index (χ3v) is 5.38. The first-order valence-corrected chi connectivity index (χ1v) is 9.31. The predicted octanol–water partition coefficient (Wildman–Crippen LogP) is 0.663. The molecule has 2 aliphatic rings. The Labute approximate surface area is 135 Å². The number of amides is 2. The lowest BCUT2D eigenvalue weighted by Crippen LogP contribution is -2.49. The SMILES string of the molecule is NS(=O)(=O)c1ccc2c(c1)N(C(=O)N1CCC(O)CC1)CCC2. The molecule has 2 heterocycles. The third-order valence-electron chi connectivity index (χ3n) is 4.47. The van der Waals surface area contributed by atoms with Crippen LogP contribution in [0.1, 0.15) is 24.8 Å². The molecule has 0 aromatic heterocycles. The number of carbonyl (C=O) groups excluding carboxylic acids is 1. The van der Waals surface area contributed by atoms with Gasteiger partial charge in [0.2, 0.25) is 10.0 Å². The fraction of sp³-hybridized carbons (Fsp3) is 0.533. The van der Waals surface area contributed by atoms with E-state index in [0.29, 0.717) is 38.2 Å². The Morgan fingerprint density at radius 1 is 1.22 bits per heavy atom. The minimum atomic E-state index is -3.80. The second-order valence-electron chi connectivity index (χ2n) is 6.09. The van der Waals surface area contributed by atoms with E-state index in [2.05, 4.69) is 0 Å². The number of hydrogen-bond donors (Lipinski definition) is 2. The number of sulfonamides is 1. The molecule has 1 aromatic carbocycles. The van der Waals surface area contributed by atoms with E-state index in [9.17, 15) is 18.3 Å². The summed E-state index contributed by atoms with van der Waals surface area (Å²) in [5.41, 5.74) is 1.58. The summed E-state index contributed by atoms with van der Waals surface area (Å²) in [6.45, 7) is 1.58. The molecule has 1 saturated heterocycles. The molecule has 7 nitrogen and oxygen atoms in total. The normalized spacial score (nSPS) is 19.6. The van der Waals surface area contributed by atoms with Crippen LogP contribution >= 0.6 is 0 Å². The predicted molar refractivity (Wildman–Crippen MR) is 85.7 cm³/mol. The van der Waals surface area contributed by atoms with Crippen LogP contribution < -0.4 is 10.0 Å². The van der Waals surface area contributed by atoms with Gasteiger partial charge in [-0.2, -0.15) is 0 Å². The summed E-state index contributed by atoms with van der Waals surface area (Å²) in [5, 5.41) is 14.8. The number of benzene rings is 1. The Bertz CT molecular complexity index is 711. The standard InChI is InChI=1S/C15H21N3O4S/c16-23(21,22)13-4-3-11-2-1-7-18(14(11)10-13)15(20)17-8-5-12(19)6-9-17/h3-4,10,12,19H,1-2,5-9H2,(H2,16,21,22). The zero-order valence-electron chi connectivity index (χ0n) is 12.8. The van der Waals surface area contributed by atoms with Crippen LogP contribution in [0.3, 0.4) is 0 Å². The van der Waals surface area contributed by atoms with E-state index in [4.69, 9.17) is 5.14 Å². The molecule has 8 heteroatoms. The number of carbonyl (C=O) groups is 1. The van der Waals surface area contributed by atoms with Crippen LogP contribution in [0.15, 0.2) is 23.1 Å². The van der Waals surface area contributed by atoms with Crippen LogP contribution in [-0.4, -0.2) is 50.2 Å². The molecule has 2 aliphatic heterocycles. The Balaban J connectivity index is 1.89. The van der Waals surface area contributed by atoms with Gasteiger partial charge in [-0.1, -0.05) is 6.07 Å². The summed E-state index contributed by atoms with van der Waals surface area (Å²) < 4.78 is 23.1. The first-order valence-electron chi connectivity index (χ1n) is 7.76. The Morgan fingerprint density at radius 2 is 1.91 bits per heavy atom. The van der Waals surface area contributed by atoms with Gasteiger partial charge in [0.25, 0.3) is 0 Å². The fourth-order valence-corrected chi connectivity index (χ4v) is 3.69. The molecule has 0 spiro atoms. The molecule has 0 aliphatic carbocycles. The lowest BCUT2D eigenvalue weighted by molar-refractivity contribution is 0.0953. The molecule has 2 amide bonds. The van der Waals surface area contributed by atoms with Gasteiger partial charge in [0.1, 0.15) is 0 Å². The van der Waals surface area contributed by atoms with Gasteiger partial charge in [-0.05, 0) is 43.4 Å². The molecule has 0 atom stereocenters. The van der Waals surface area contributed by atoms with Crippen molar-refractivity contribution in [2.24, 2.45) is 5.14 Å². The molecular formula is C15H21N3O4S. The number of aryl methyl sites for hydroxylation is 1. The van der Waals surface area contributed by atoms with Gasteiger partial charge in [0.05, 0.1) is 11.0 Å². The van der Waals surface area contributed by atoms with Crippen molar-refractivity contribution >= 4 is 21.7 Å². The number of primary sulfonamides is 1. The van der Waals surface area contributed by atoms with E-state index in [1.165, 1.54) is 12.1 Å². The molecule has 126 valence electrons. The van der Waals surface area contributed by atoms with Gasteiger partial charge in [0.15, 0.2) is 0 Å². The van der Waals surface area contributed by atoms with Crippen molar-refractivity contribution in [3.63, 3.8) is 0 Å². The number of fused-ring (bicyclic) bond motifs is 1. The Hall–Kier alpha value is -1.64. The molecule has 3 N–H and O–H groups in total. The zero-order valence-corrected chi connectivity index (χ0v) is 13.6. The number of rotatable bonds is 1. The van der Waals surface area contributed by atoms with E-state index in [1.807, 2.05) is 0 Å². The topological polar surface area (TPSA) is 104 Å². The minimum Gasteiger partial charge on any atom is -0.393 e. The van der Waals surface area contributed by atoms with Crippen LogP contribution in [0.25, 0.3) is 0 Å². The average molecular weight is 339 g/mol. The zero-order chi connectivity index (χ0) is 16.6. The van der Waals surface area contributed by atoms with E-state index >= 15 is 0 Å². The van der Waals surface area contributed by atoms with Crippen molar-refractivity contribution in [3.05, 3.63) is 23.8 Å². The van der Waals surface area contributed by atoms with Crippen molar-refractivity contribution in [2.75, 3.05) is 24.5 Å². The van der Waals surface area contributed by atoms with E-state index in [-0.39, 0.29) is 17.0 Å². The number of urea groups is 1. The van der Waals surface area contributed by atoms with Crippen LogP contribution in [0.4, 0.5) is 10.5 Å². The number of likely N-dealkylation sites (tertiary alicyclic amines) is 1. The number of aliphatic hydroxyl groups excluding tert-OH is 1. The number of anilines is 1. The van der Waals surface area contributed by atoms with E-state index < -0.39 is 10.0 Å². The number of aliphatic hydroxyl groups is 1. The highest BCUT2D eigenvalue weighted by atomic mass is 32.2. The monoisotopic (exact) mass is 339 g/mol. The average Bonchev–Trinajstić information content (AvgIpc) is 2.53. The lowest BCUT2D eigenvalue weighted by atomic mass is 10.0. The van der Waals surface area contributed by atoms with Crippen molar-refractivity contribution in [1.82, 2.24) is 4.90 Å². The molecule has 0 unspecified atom stereocenters. The smallest absolute Gasteiger partial charge is 0.324 e. The molecule has 1 fully saturated rings. The van der Waals surface area contributed by atoms with Gasteiger partial charge >= 0.3 is 6.03 Å². The maximum atomic E-state index is 12.8. The fourth-order valence-electron chi connectivity index (χ4n) is 3.16. The van der Waals surface area contributed by atoms with Gasteiger partial charge < -0.3 is 10.0 Å². The summed E-state index contributed by atoms with van der Waals surface area (Å²) >= 11 is 0. The van der Waals surface area contributed by atoms with Gasteiger partial charge in [0, 0.05) is 25.3 Å². The van der Waals surface area contributed by atoms with Crippen molar-refractivity contribution in [2.45, 2.75) is 36.7 Å². The van der Waals surface area contributed by atoms with E-state index in [1.54, 1.807) is 15.9 Å². The molecule has 0 saturated carbocycles. The summed E-state index contributed by atoms with van der Waals surface area (Å²) in [6, 6.07) is 4.57. The Morgan fingerprint density at radius 3 is 2.57 bits per heavy atom. The number of nitrogens with two attached hydrogens (primary N) is 1. The molecule has 0 bridgehead atoms. The highest BCUT2D eigenvalue weighted by Crippen LogP contribution is 2.30. The van der Waals surface area contributed by atoms with Gasteiger partial charge in [-0.3, -0.25) is 4.90 Å². The van der Waals surface area contributed by atoms with E-state index in [0.717, 1.165) is 18.4 Å². The summed E-state index contributed by atoms with van der Waals surface area (Å²) in [7, 11) is -3.80. The molecule has 0 radical (unpaired) electrons. The first-order chi connectivity index (χ1) is 10.9. The summed E-state index contributed by atoms with van der Waals surface area (Å²) in [6.07, 6.45) is 2.45. The number of hydrogen-bond acceptors (Lipinski definition) is 4. The van der Waals surface area contributed by atoms with Gasteiger partial charge in [-0.25, -0.2) is 18.4 Å². The number of nitrogens with zero attached hydrogens (tertiary/aromatic N) is 2. The van der Waals surface area contributed by atoms with Crippen LogP contribution in [0.5, 0.6) is 0 Å². The lowest BCUT2D eigenvalue weighted by Gasteiger charge is -2.37. The number of piperidine rings is 1. The molecular weight excluding hydrogens is 318 g/mol. The van der Waals surface area contributed by atoms with Crippen LogP contribution in [0, 0.1) is 0 Å².